The molecule has 0 bridgehead atoms. The van der Waals surface area contributed by atoms with Crippen molar-refractivity contribution in [2.75, 3.05) is 0 Å². The normalized spacial score (nSPS) is 11.1. The Labute approximate surface area is 162 Å². The Hall–Kier alpha value is -2.62. The van der Waals surface area contributed by atoms with Gasteiger partial charge in [0.1, 0.15) is 0 Å². The molecule has 2 rings (SSSR count). The van der Waals surface area contributed by atoms with Gasteiger partial charge in [-0.2, -0.15) is 0 Å². The SMILES string of the molecule is CCCCc1ccc(C(=O)NN(C(=O)c2cccc(C)c2)C(C)(C)C)cc1. The first-order chi connectivity index (χ1) is 12.7. The number of rotatable bonds is 5. The summed E-state index contributed by atoms with van der Waals surface area (Å²) in [6.07, 6.45) is 3.29. The Bertz CT molecular complexity index is 789. The molecule has 0 saturated carbocycles. The zero-order valence-electron chi connectivity index (χ0n) is 17.0. The lowest BCUT2D eigenvalue weighted by molar-refractivity contribution is 0.0358. The summed E-state index contributed by atoms with van der Waals surface area (Å²) in [5.74, 6) is -0.507. The molecule has 4 nitrogen and oxygen atoms in total. The third kappa shape index (κ3) is 5.68. The molecule has 0 aliphatic carbocycles. The average molecular weight is 367 g/mol. The van der Waals surface area contributed by atoms with Gasteiger partial charge in [-0.3, -0.25) is 15.0 Å². The number of hydrogen-bond donors (Lipinski definition) is 1. The Morgan fingerprint density at radius 3 is 2.22 bits per heavy atom. The minimum Gasteiger partial charge on any atom is -0.267 e. The summed E-state index contributed by atoms with van der Waals surface area (Å²) >= 11 is 0. The number of benzene rings is 2. The van der Waals surface area contributed by atoms with E-state index in [4.69, 9.17) is 0 Å². The summed E-state index contributed by atoms with van der Waals surface area (Å²) in [5.41, 5.74) is 5.56. The number of hydrazine groups is 1. The first-order valence-electron chi connectivity index (χ1n) is 9.53. The van der Waals surface area contributed by atoms with Gasteiger partial charge < -0.3 is 0 Å². The van der Waals surface area contributed by atoms with Crippen molar-refractivity contribution in [1.82, 2.24) is 10.4 Å². The molecule has 4 heteroatoms. The molecular weight excluding hydrogens is 336 g/mol. The predicted octanol–water partition coefficient (Wildman–Crippen LogP) is 4.92. The Balaban J connectivity index is 2.18. The Morgan fingerprint density at radius 1 is 1.00 bits per heavy atom. The van der Waals surface area contributed by atoms with E-state index >= 15 is 0 Å². The summed E-state index contributed by atoms with van der Waals surface area (Å²) < 4.78 is 0. The predicted molar refractivity (Wildman–Crippen MR) is 110 cm³/mol. The van der Waals surface area contributed by atoms with Crippen molar-refractivity contribution < 1.29 is 9.59 Å². The number of amides is 2. The summed E-state index contributed by atoms with van der Waals surface area (Å²) in [6.45, 7) is 9.80. The smallest absolute Gasteiger partial charge is 0.267 e. The van der Waals surface area contributed by atoms with Gasteiger partial charge in [0.05, 0.1) is 5.54 Å². The summed E-state index contributed by atoms with van der Waals surface area (Å²) in [7, 11) is 0. The van der Waals surface area contributed by atoms with E-state index in [9.17, 15) is 9.59 Å². The van der Waals surface area contributed by atoms with Crippen LogP contribution in [0.2, 0.25) is 0 Å². The zero-order chi connectivity index (χ0) is 20.0. The second kappa shape index (κ2) is 8.85. The lowest BCUT2D eigenvalue weighted by Gasteiger charge is -2.35. The molecule has 2 aromatic carbocycles. The van der Waals surface area contributed by atoms with Crippen LogP contribution >= 0.6 is 0 Å². The molecule has 0 unspecified atom stereocenters. The van der Waals surface area contributed by atoms with Crippen molar-refractivity contribution in [3.63, 3.8) is 0 Å². The van der Waals surface area contributed by atoms with E-state index in [-0.39, 0.29) is 11.8 Å². The van der Waals surface area contributed by atoms with Crippen LogP contribution in [0.1, 0.15) is 72.4 Å². The molecule has 0 fully saturated rings. The summed E-state index contributed by atoms with van der Waals surface area (Å²) in [4.78, 5) is 25.7. The van der Waals surface area contributed by atoms with E-state index in [0.717, 1.165) is 24.8 Å². The van der Waals surface area contributed by atoms with Crippen molar-refractivity contribution >= 4 is 11.8 Å². The first kappa shape index (κ1) is 20.7. The Morgan fingerprint density at radius 2 is 1.67 bits per heavy atom. The fourth-order valence-electron chi connectivity index (χ4n) is 2.80. The molecule has 0 saturated heterocycles. The number of hydrogen-bond acceptors (Lipinski definition) is 2. The van der Waals surface area contributed by atoms with Crippen LogP contribution in [0.25, 0.3) is 0 Å². The first-order valence-corrected chi connectivity index (χ1v) is 9.53. The van der Waals surface area contributed by atoms with Crippen molar-refractivity contribution in [2.24, 2.45) is 0 Å². The summed E-state index contributed by atoms with van der Waals surface area (Å²) in [5, 5.41) is 1.41. The van der Waals surface area contributed by atoms with Gasteiger partial charge in [0.25, 0.3) is 11.8 Å². The third-order valence-electron chi connectivity index (χ3n) is 4.39. The highest BCUT2D eigenvalue weighted by molar-refractivity contribution is 5.99. The van der Waals surface area contributed by atoms with E-state index in [1.165, 1.54) is 10.6 Å². The molecule has 1 N–H and O–H groups in total. The highest BCUT2D eigenvalue weighted by Gasteiger charge is 2.29. The fourth-order valence-corrected chi connectivity index (χ4v) is 2.80. The van der Waals surface area contributed by atoms with E-state index in [0.29, 0.717) is 11.1 Å². The van der Waals surface area contributed by atoms with Gasteiger partial charge in [-0.1, -0.05) is 43.2 Å². The lowest BCUT2D eigenvalue weighted by Crippen LogP contribution is -2.55. The van der Waals surface area contributed by atoms with E-state index in [2.05, 4.69) is 12.3 Å². The molecule has 0 aliphatic rings. The maximum absolute atomic E-state index is 13.0. The number of nitrogens with zero attached hydrogens (tertiary/aromatic N) is 1. The molecule has 2 amide bonds. The van der Waals surface area contributed by atoms with Gasteiger partial charge in [0.2, 0.25) is 0 Å². The minimum atomic E-state index is -0.558. The van der Waals surface area contributed by atoms with E-state index < -0.39 is 5.54 Å². The second-order valence-corrected chi connectivity index (χ2v) is 7.92. The fraction of sp³-hybridized carbons (Fsp3) is 0.391. The second-order valence-electron chi connectivity index (χ2n) is 7.92. The molecule has 0 radical (unpaired) electrons. The van der Waals surface area contributed by atoms with Crippen molar-refractivity contribution in [3.8, 4) is 0 Å². The molecule has 27 heavy (non-hydrogen) atoms. The quantitative estimate of drug-likeness (QED) is 0.763. The topological polar surface area (TPSA) is 49.4 Å². The molecular formula is C23H30N2O2. The molecule has 0 aromatic heterocycles. The van der Waals surface area contributed by atoms with Crippen LogP contribution in [-0.2, 0) is 6.42 Å². The highest BCUT2D eigenvalue weighted by Crippen LogP contribution is 2.17. The van der Waals surface area contributed by atoms with Gasteiger partial charge in [0.15, 0.2) is 0 Å². The molecule has 0 spiro atoms. The van der Waals surface area contributed by atoms with Crippen LogP contribution in [-0.4, -0.2) is 22.4 Å². The minimum absolute atomic E-state index is 0.223. The molecule has 144 valence electrons. The maximum Gasteiger partial charge on any atom is 0.272 e. The van der Waals surface area contributed by atoms with Crippen LogP contribution in [0.15, 0.2) is 48.5 Å². The van der Waals surface area contributed by atoms with Gasteiger partial charge in [-0.05, 0) is 70.4 Å². The largest absolute Gasteiger partial charge is 0.272 e. The molecule has 0 heterocycles. The molecule has 2 aromatic rings. The van der Waals surface area contributed by atoms with Gasteiger partial charge in [-0.25, -0.2) is 5.01 Å². The summed E-state index contributed by atoms with van der Waals surface area (Å²) in [6, 6.07) is 15.0. The van der Waals surface area contributed by atoms with Crippen molar-refractivity contribution in [2.45, 2.75) is 59.4 Å². The van der Waals surface area contributed by atoms with Gasteiger partial charge in [0, 0.05) is 11.1 Å². The third-order valence-corrected chi connectivity index (χ3v) is 4.39. The molecule has 0 atom stereocenters. The van der Waals surface area contributed by atoms with E-state index in [1.807, 2.05) is 70.2 Å². The Kier molecular flexibility index (Phi) is 6.78. The van der Waals surface area contributed by atoms with Crippen LogP contribution in [0.3, 0.4) is 0 Å². The number of carbonyl (C=O) groups excluding carboxylic acids is 2. The van der Waals surface area contributed by atoms with Crippen molar-refractivity contribution in [3.05, 3.63) is 70.8 Å². The van der Waals surface area contributed by atoms with Crippen molar-refractivity contribution in [1.29, 1.82) is 0 Å². The van der Waals surface area contributed by atoms with Crippen LogP contribution in [0, 0.1) is 6.92 Å². The number of nitrogens with one attached hydrogen (secondary N) is 1. The lowest BCUT2D eigenvalue weighted by atomic mass is 10.0. The standard InChI is InChI=1S/C23H30N2O2/c1-6-7-10-18-12-14-19(15-13-18)21(26)24-25(23(3,4)5)22(27)20-11-8-9-17(2)16-20/h8-9,11-16H,6-7,10H2,1-5H3,(H,24,26). The highest BCUT2D eigenvalue weighted by atomic mass is 16.2. The monoisotopic (exact) mass is 366 g/mol. The van der Waals surface area contributed by atoms with E-state index in [1.54, 1.807) is 6.07 Å². The number of carbonyl (C=O) groups is 2. The van der Waals surface area contributed by atoms with Crippen LogP contribution < -0.4 is 5.43 Å². The van der Waals surface area contributed by atoms with Crippen LogP contribution in [0.4, 0.5) is 0 Å². The maximum atomic E-state index is 13.0. The van der Waals surface area contributed by atoms with Crippen LogP contribution in [0.5, 0.6) is 0 Å². The zero-order valence-corrected chi connectivity index (χ0v) is 17.0. The number of unbranched alkanes of at least 4 members (excludes halogenated alkanes) is 1. The molecule has 0 aliphatic heterocycles. The average Bonchev–Trinajstić information content (AvgIpc) is 2.63. The van der Waals surface area contributed by atoms with Gasteiger partial charge in [-0.15, -0.1) is 0 Å². The number of aryl methyl sites for hydroxylation is 2. The van der Waals surface area contributed by atoms with Gasteiger partial charge >= 0.3 is 0 Å².